The fourth-order valence-electron chi connectivity index (χ4n) is 2.97. The van der Waals surface area contributed by atoms with E-state index in [0.717, 1.165) is 24.3 Å². The Labute approximate surface area is 180 Å². The molecule has 156 valence electrons. The number of nitrogens with one attached hydrogen (secondary N) is 2. The van der Waals surface area contributed by atoms with Crippen LogP contribution in [0, 0.1) is 0 Å². The van der Waals surface area contributed by atoms with Crippen molar-refractivity contribution >= 4 is 44.9 Å². The summed E-state index contributed by atoms with van der Waals surface area (Å²) in [5.41, 5.74) is 1.82. The number of unbranched alkanes of at least 4 members (excludes halogenated alkanes) is 1. The molecule has 6 nitrogen and oxygen atoms in total. The standard InChI is InChI=1S/C20H25N3O3S3/c1-2-3-7-17(20(24)21-10-12-28-14-15-9-11-27-13-15)22-19-16-6-4-5-8-18(16)29(25,26)23-19/h4-6,8-9,11,13,17H,2-3,7,10,12,14H2,1H3,(H,21,24)(H,22,23)/t17-/m1/s1. The second kappa shape index (κ2) is 10.3. The number of carbonyl (C=O) groups is 1. The van der Waals surface area contributed by atoms with Crippen LogP contribution in [0.15, 0.2) is 51.0 Å². The number of sulfonamides is 1. The molecule has 3 rings (SSSR count). The van der Waals surface area contributed by atoms with Crippen molar-refractivity contribution in [1.29, 1.82) is 0 Å². The monoisotopic (exact) mass is 451 g/mol. The van der Waals surface area contributed by atoms with Crippen molar-refractivity contribution in [1.82, 2.24) is 10.0 Å². The van der Waals surface area contributed by atoms with Crippen LogP contribution in [0.2, 0.25) is 0 Å². The first kappa shape index (κ1) is 21.9. The lowest BCUT2D eigenvalue weighted by molar-refractivity contribution is -0.122. The van der Waals surface area contributed by atoms with Gasteiger partial charge in [-0.15, -0.1) is 0 Å². The maximum absolute atomic E-state index is 12.7. The van der Waals surface area contributed by atoms with Gasteiger partial charge in [-0.3, -0.25) is 14.5 Å². The lowest BCUT2D eigenvalue weighted by atomic mass is 10.1. The second-order valence-corrected chi connectivity index (χ2v) is 10.2. The van der Waals surface area contributed by atoms with Crippen LogP contribution in [0.25, 0.3) is 0 Å². The van der Waals surface area contributed by atoms with Gasteiger partial charge in [-0.25, -0.2) is 8.42 Å². The Morgan fingerprint density at radius 2 is 2.14 bits per heavy atom. The summed E-state index contributed by atoms with van der Waals surface area (Å²) in [6.07, 6.45) is 2.36. The van der Waals surface area contributed by atoms with Gasteiger partial charge in [0.25, 0.3) is 10.0 Å². The zero-order valence-corrected chi connectivity index (χ0v) is 18.7. The smallest absolute Gasteiger partial charge is 0.263 e. The van der Waals surface area contributed by atoms with E-state index in [1.54, 1.807) is 47.4 Å². The van der Waals surface area contributed by atoms with Gasteiger partial charge < -0.3 is 5.32 Å². The number of aliphatic imine (C=N–C) groups is 1. The molecule has 1 aromatic carbocycles. The van der Waals surface area contributed by atoms with Gasteiger partial charge in [-0.05, 0) is 40.9 Å². The van der Waals surface area contributed by atoms with Crippen LogP contribution in [0.5, 0.6) is 0 Å². The predicted octanol–water partition coefficient (Wildman–Crippen LogP) is 3.40. The Morgan fingerprint density at radius 1 is 1.31 bits per heavy atom. The van der Waals surface area contributed by atoms with E-state index in [0.29, 0.717) is 18.5 Å². The third-order valence-corrected chi connectivity index (χ3v) is 7.64. The van der Waals surface area contributed by atoms with E-state index in [1.165, 1.54) is 5.56 Å². The molecule has 1 atom stereocenters. The molecule has 1 amide bonds. The number of fused-ring (bicyclic) bond motifs is 1. The third-order valence-electron chi connectivity index (χ3n) is 4.48. The molecule has 2 aromatic rings. The van der Waals surface area contributed by atoms with Crippen LogP contribution < -0.4 is 10.0 Å². The lowest BCUT2D eigenvalue weighted by Crippen LogP contribution is -2.36. The minimum atomic E-state index is -3.61. The van der Waals surface area contributed by atoms with Crippen LogP contribution in [-0.4, -0.2) is 38.5 Å². The molecule has 1 aliphatic rings. The summed E-state index contributed by atoms with van der Waals surface area (Å²) in [4.78, 5) is 17.4. The van der Waals surface area contributed by atoms with E-state index in [-0.39, 0.29) is 16.6 Å². The number of carbonyl (C=O) groups excluding carboxylic acids is 1. The largest absolute Gasteiger partial charge is 0.353 e. The Morgan fingerprint density at radius 3 is 2.90 bits per heavy atom. The molecule has 2 heterocycles. The number of hydrogen-bond donors (Lipinski definition) is 2. The minimum Gasteiger partial charge on any atom is -0.353 e. The van der Waals surface area contributed by atoms with Gasteiger partial charge >= 0.3 is 0 Å². The van der Waals surface area contributed by atoms with E-state index < -0.39 is 16.1 Å². The summed E-state index contributed by atoms with van der Waals surface area (Å²) in [7, 11) is -3.61. The molecule has 1 aliphatic heterocycles. The van der Waals surface area contributed by atoms with Gasteiger partial charge in [0.05, 0.1) is 4.90 Å². The van der Waals surface area contributed by atoms with Crippen molar-refractivity contribution in [2.45, 2.75) is 42.9 Å². The SMILES string of the molecule is CCCC[C@@H](N=C1NS(=O)(=O)c2ccccc21)C(=O)NCCSCc1ccsc1. The molecule has 0 bridgehead atoms. The minimum absolute atomic E-state index is 0.161. The Hall–Kier alpha value is -1.84. The first-order chi connectivity index (χ1) is 14.0. The highest BCUT2D eigenvalue weighted by atomic mass is 32.2. The zero-order valence-electron chi connectivity index (χ0n) is 16.3. The summed E-state index contributed by atoms with van der Waals surface area (Å²) < 4.78 is 27.0. The second-order valence-electron chi connectivity index (χ2n) is 6.71. The van der Waals surface area contributed by atoms with Crippen LogP contribution in [0.1, 0.15) is 37.3 Å². The van der Waals surface area contributed by atoms with E-state index in [1.807, 2.05) is 0 Å². The molecule has 0 aliphatic carbocycles. The van der Waals surface area contributed by atoms with E-state index in [4.69, 9.17) is 0 Å². The van der Waals surface area contributed by atoms with Crippen molar-refractivity contribution in [2.75, 3.05) is 12.3 Å². The molecule has 2 N–H and O–H groups in total. The summed E-state index contributed by atoms with van der Waals surface area (Å²) in [5, 5.41) is 7.14. The predicted molar refractivity (Wildman–Crippen MR) is 120 cm³/mol. The van der Waals surface area contributed by atoms with E-state index in [9.17, 15) is 13.2 Å². The van der Waals surface area contributed by atoms with Gasteiger partial charge in [-0.2, -0.15) is 23.1 Å². The van der Waals surface area contributed by atoms with E-state index >= 15 is 0 Å². The maximum atomic E-state index is 12.7. The average Bonchev–Trinajstić information content (AvgIpc) is 3.31. The number of thiophene rings is 1. The summed E-state index contributed by atoms with van der Waals surface area (Å²) in [6.45, 7) is 2.61. The van der Waals surface area contributed by atoms with Crippen molar-refractivity contribution in [3.8, 4) is 0 Å². The molecule has 1 aromatic heterocycles. The maximum Gasteiger partial charge on any atom is 0.263 e. The highest BCUT2D eigenvalue weighted by Gasteiger charge is 2.31. The molecule has 29 heavy (non-hydrogen) atoms. The molecular formula is C20H25N3O3S3. The first-order valence-corrected chi connectivity index (χ1v) is 13.2. The fourth-order valence-corrected chi connectivity index (χ4v) is 5.79. The summed E-state index contributed by atoms with van der Waals surface area (Å²) in [6, 6.07) is 8.20. The van der Waals surface area contributed by atoms with Crippen LogP contribution in [0.4, 0.5) is 0 Å². The third kappa shape index (κ3) is 5.83. The van der Waals surface area contributed by atoms with Crippen LogP contribution in [0.3, 0.4) is 0 Å². The van der Waals surface area contributed by atoms with E-state index in [2.05, 4.69) is 38.8 Å². The summed E-state index contributed by atoms with van der Waals surface area (Å²) >= 11 is 3.45. The van der Waals surface area contributed by atoms with Gasteiger partial charge in [0, 0.05) is 23.6 Å². The molecule has 9 heteroatoms. The van der Waals surface area contributed by atoms with Crippen LogP contribution in [-0.2, 0) is 20.6 Å². The number of nitrogens with zero attached hydrogens (tertiary/aromatic N) is 1. The highest BCUT2D eigenvalue weighted by Crippen LogP contribution is 2.23. The number of amidine groups is 1. The van der Waals surface area contributed by atoms with Crippen molar-refractivity contribution in [3.05, 3.63) is 52.2 Å². The Bertz CT molecular complexity index is 956. The highest BCUT2D eigenvalue weighted by molar-refractivity contribution is 7.98. The number of benzene rings is 1. The normalized spacial score (nSPS) is 16.9. The fraction of sp³-hybridized carbons (Fsp3) is 0.400. The number of rotatable bonds is 10. The lowest BCUT2D eigenvalue weighted by Gasteiger charge is -2.14. The first-order valence-electron chi connectivity index (χ1n) is 9.58. The topological polar surface area (TPSA) is 87.6 Å². The van der Waals surface area contributed by atoms with Crippen molar-refractivity contribution in [2.24, 2.45) is 4.99 Å². The molecule has 0 radical (unpaired) electrons. The van der Waals surface area contributed by atoms with Gasteiger partial charge in [-0.1, -0.05) is 31.9 Å². The van der Waals surface area contributed by atoms with Gasteiger partial charge in [0.2, 0.25) is 5.91 Å². The molecular weight excluding hydrogens is 426 g/mol. The molecule has 0 unspecified atom stereocenters. The number of thioether (sulfide) groups is 1. The van der Waals surface area contributed by atoms with Crippen LogP contribution >= 0.6 is 23.1 Å². The van der Waals surface area contributed by atoms with Crippen molar-refractivity contribution < 1.29 is 13.2 Å². The molecule has 0 fully saturated rings. The Balaban J connectivity index is 1.62. The van der Waals surface area contributed by atoms with Gasteiger partial charge in [0.1, 0.15) is 11.9 Å². The number of hydrogen-bond acceptors (Lipinski definition) is 6. The average molecular weight is 452 g/mol. The molecule has 0 saturated carbocycles. The zero-order chi connectivity index (χ0) is 20.7. The molecule has 0 saturated heterocycles. The summed E-state index contributed by atoms with van der Waals surface area (Å²) in [5.74, 6) is 1.84. The molecule has 0 spiro atoms. The number of amides is 1. The quantitative estimate of drug-likeness (QED) is 0.542. The Kier molecular flexibility index (Phi) is 7.74. The van der Waals surface area contributed by atoms with Gasteiger partial charge in [0.15, 0.2) is 0 Å². The van der Waals surface area contributed by atoms with Crippen molar-refractivity contribution in [3.63, 3.8) is 0 Å².